The molecule has 0 radical (unpaired) electrons. The average Bonchev–Trinajstić information content (AvgIpc) is 2.88. The van der Waals surface area contributed by atoms with Crippen molar-refractivity contribution in [3.63, 3.8) is 0 Å². The third-order valence-electron chi connectivity index (χ3n) is 3.48. The monoisotopic (exact) mass is 290 g/mol. The van der Waals surface area contributed by atoms with Crippen LogP contribution in [0.1, 0.15) is 25.0 Å². The summed E-state index contributed by atoms with van der Waals surface area (Å²) in [6, 6.07) is 3.28. The summed E-state index contributed by atoms with van der Waals surface area (Å²) in [6.07, 6.45) is 4.36. The topological polar surface area (TPSA) is 82.3 Å². The Morgan fingerprint density at radius 3 is 3.05 bits per heavy atom. The van der Waals surface area contributed by atoms with Crippen molar-refractivity contribution in [2.75, 3.05) is 6.61 Å². The maximum Gasteiger partial charge on any atom is 0.158 e. The van der Waals surface area contributed by atoms with Crippen molar-refractivity contribution in [3.8, 4) is 17.1 Å². The predicted molar refractivity (Wildman–Crippen MR) is 74.3 cm³/mol. The molecule has 0 aromatic carbocycles. The van der Waals surface area contributed by atoms with Gasteiger partial charge in [0.05, 0.1) is 24.2 Å². The molecule has 1 aliphatic heterocycles. The number of hydrogen-bond donors (Lipinski definition) is 1. The highest BCUT2D eigenvalue weighted by molar-refractivity contribution is 5.56. The molecule has 1 aliphatic rings. The van der Waals surface area contributed by atoms with Crippen molar-refractivity contribution >= 4 is 0 Å². The van der Waals surface area contributed by atoms with E-state index in [0.29, 0.717) is 18.0 Å². The Bertz CT molecular complexity index is 591. The lowest BCUT2D eigenvalue weighted by Crippen LogP contribution is -2.22. The van der Waals surface area contributed by atoms with Crippen molar-refractivity contribution in [2.24, 2.45) is 7.05 Å². The molecule has 0 bridgehead atoms. The van der Waals surface area contributed by atoms with Crippen LogP contribution in [-0.2, 0) is 23.1 Å². The van der Waals surface area contributed by atoms with E-state index in [0.717, 1.165) is 31.6 Å². The van der Waals surface area contributed by atoms with E-state index in [1.165, 1.54) is 6.20 Å². The van der Waals surface area contributed by atoms with E-state index in [9.17, 15) is 5.11 Å². The first kappa shape index (κ1) is 14.0. The van der Waals surface area contributed by atoms with Crippen LogP contribution in [0, 0.1) is 0 Å². The second-order valence-corrected chi connectivity index (χ2v) is 5.02. The fourth-order valence-electron chi connectivity index (χ4n) is 2.28. The maximum atomic E-state index is 9.31. The first-order valence-electron chi connectivity index (χ1n) is 7.01. The summed E-state index contributed by atoms with van der Waals surface area (Å²) in [7, 11) is 1.82. The Balaban J connectivity index is 1.75. The van der Waals surface area contributed by atoms with Gasteiger partial charge in [-0.1, -0.05) is 5.21 Å². The van der Waals surface area contributed by atoms with Gasteiger partial charge in [-0.05, 0) is 31.4 Å². The maximum absolute atomic E-state index is 9.31. The number of ether oxygens (including phenoxy) is 2. The van der Waals surface area contributed by atoms with Gasteiger partial charge in [0.2, 0.25) is 0 Å². The van der Waals surface area contributed by atoms with Crippen molar-refractivity contribution in [2.45, 2.75) is 32.2 Å². The van der Waals surface area contributed by atoms with Gasteiger partial charge in [0.1, 0.15) is 11.4 Å². The van der Waals surface area contributed by atoms with Gasteiger partial charge in [-0.3, -0.25) is 4.98 Å². The van der Waals surface area contributed by atoms with Gasteiger partial charge in [-0.15, -0.1) is 5.10 Å². The zero-order valence-corrected chi connectivity index (χ0v) is 11.9. The van der Waals surface area contributed by atoms with Gasteiger partial charge in [-0.2, -0.15) is 0 Å². The molecule has 1 atom stereocenters. The van der Waals surface area contributed by atoms with Crippen LogP contribution in [0.4, 0.5) is 0 Å². The molecule has 0 spiro atoms. The van der Waals surface area contributed by atoms with Gasteiger partial charge < -0.3 is 14.6 Å². The highest BCUT2D eigenvalue weighted by Crippen LogP contribution is 2.22. The molecule has 0 amide bonds. The third-order valence-corrected chi connectivity index (χ3v) is 3.48. The van der Waals surface area contributed by atoms with Crippen LogP contribution in [0.15, 0.2) is 18.3 Å². The molecule has 2 aromatic rings. The van der Waals surface area contributed by atoms with Crippen LogP contribution in [0.3, 0.4) is 0 Å². The highest BCUT2D eigenvalue weighted by atomic mass is 16.7. The summed E-state index contributed by atoms with van der Waals surface area (Å²) in [6.45, 7) is 1.12. The van der Waals surface area contributed by atoms with Crippen molar-refractivity contribution < 1.29 is 14.6 Å². The Morgan fingerprint density at radius 1 is 1.43 bits per heavy atom. The molecular weight excluding hydrogens is 272 g/mol. The molecule has 2 aromatic heterocycles. The van der Waals surface area contributed by atoms with Crippen LogP contribution in [-0.4, -0.2) is 38.0 Å². The van der Waals surface area contributed by atoms with E-state index in [4.69, 9.17) is 9.47 Å². The summed E-state index contributed by atoms with van der Waals surface area (Å²) >= 11 is 0. The molecule has 7 heteroatoms. The average molecular weight is 290 g/mol. The predicted octanol–water partition coefficient (Wildman–Crippen LogP) is 1.63. The summed E-state index contributed by atoms with van der Waals surface area (Å²) in [5.41, 5.74) is 2.15. The van der Waals surface area contributed by atoms with Gasteiger partial charge in [0.25, 0.3) is 0 Å². The summed E-state index contributed by atoms with van der Waals surface area (Å²) in [5.74, 6) is 0.121. The normalized spacial score (nSPS) is 18.8. The SMILES string of the molecule is Cn1nnc(-c2ccc(O)cn2)c1COC1CCCCO1. The summed E-state index contributed by atoms with van der Waals surface area (Å²) in [5, 5.41) is 17.5. The Morgan fingerprint density at radius 2 is 2.33 bits per heavy atom. The third kappa shape index (κ3) is 3.20. The zero-order chi connectivity index (χ0) is 14.7. The molecule has 1 unspecified atom stereocenters. The lowest BCUT2D eigenvalue weighted by molar-refractivity contribution is -0.169. The molecule has 1 fully saturated rings. The van der Waals surface area contributed by atoms with Crippen LogP contribution in [0.5, 0.6) is 5.75 Å². The van der Waals surface area contributed by atoms with E-state index in [-0.39, 0.29) is 12.0 Å². The Kier molecular flexibility index (Phi) is 4.12. The van der Waals surface area contributed by atoms with Crippen LogP contribution >= 0.6 is 0 Å². The van der Waals surface area contributed by atoms with Crippen molar-refractivity contribution in [1.29, 1.82) is 0 Å². The number of aromatic nitrogens is 4. The van der Waals surface area contributed by atoms with E-state index in [1.807, 2.05) is 7.05 Å². The highest BCUT2D eigenvalue weighted by Gasteiger charge is 2.18. The van der Waals surface area contributed by atoms with E-state index in [2.05, 4.69) is 15.3 Å². The molecular formula is C14H18N4O3. The number of nitrogens with zero attached hydrogens (tertiary/aromatic N) is 4. The molecule has 0 saturated carbocycles. The standard InChI is InChI=1S/C14H18N4O3/c1-18-12(9-21-13-4-2-3-7-20-13)14(16-17-18)11-6-5-10(19)8-15-11/h5-6,8,13,19H,2-4,7,9H2,1H3. The number of pyridine rings is 1. The number of aromatic hydroxyl groups is 1. The first-order chi connectivity index (χ1) is 10.2. The van der Waals surface area contributed by atoms with Gasteiger partial charge in [-0.25, -0.2) is 4.68 Å². The molecule has 3 heterocycles. The molecule has 21 heavy (non-hydrogen) atoms. The van der Waals surface area contributed by atoms with Gasteiger partial charge >= 0.3 is 0 Å². The first-order valence-corrected chi connectivity index (χ1v) is 7.01. The lowest BCUT2D eigenvalue weighted by atomic mass is 10.2. The second-order valence-electron chi connectivity index (χ2n) is 5.02. The van der Waals surface area contributed by atoms with Crippen LogP contribution in [0.25, 0.3) is 11.4 Å². The minimum atomic E-state index is -0.158. The largest absolute Gasteiger partial charge is 0.506 e. The van der Waals surface area contributed by atoms with Gasteiger partial charge in [0, 0.05) is 13.7 Å². The lowest BCUT2D eigenvalue weighted by Gasteiger charge is -2.22. The fourth-order valence-corrected chi connectivity index (χ4v) is 2.28. The molecule has 1 saturated heterocycles. The van der Waals surface area contributed by atoms with Gasteiger partial charge in [0.15, 0.2) is 6.29 Å². The van der Waals surface area contributed by atoms with E-state index >= 15 is 0 Å². The van der Waals surface area contributed by atoms with E-state index < -0.39 is 0 Å². The molecule has 3 rings (SSSR count). The number of rotatable bonds is 4. The second kappa shape index (κ2) is 6.19. The fraction of sp³-hybridized carbons (Fsp3) is 0.500. The number of aryl methyl sites for hydroxylation is 1. The zero-order valence-electron chi connectivity index (χ0n) is 11.9. The minimum Gasteiger partial charge on any atom is -0.506 e. The molecule has 1 N–H and O–H groups in total. The van der Waals surface area contributed by atoms with Crippen molar-refractivity contribution in [3.05, 3.63) is 24.0 Å². The van der Waals surface area contributed by atoms with Crippen LogP contribution in [0.2, 0.25) is 0 Å². The molecule has 0 aliphatic carbocycles. The minimum absolute atomic E-state index is 0.121. The Labute approximate surface area is 122 Å². The molecule has 112 valence electrons. The quantitative estimate of drug-likeness (QED) is 0.921. The number of hydrogen-bond acceptors (Lipinski definition) is 6. The van der Waals surface area contributed by atoms with Crippen molar-refractivity contribution in [1.82, 2.24) is 20.0 Å². The smallest absolute Gasteiger partial charge is 0.158 e. The summed E-state index contributed by atoms with van der Waals surface area (Å²) in [4.78, 5) is 4.16. The Hall–Kier alpha value is -1.99. The summed E-state index contributed by atoms with van der Waals surface area (Å²) < 4.78 is 13.0. The molecule has 7 nitrogen and oxygen atoms in total. The van der Waals surface area contributed by atoms with Crippen LogP contribution < -0.4 is 0 Å². The van der Waals surface area contributed by atoms with E-state index in [1.54, 1.807) is 16.8 Å².